The van der Waals surface area contributed by atoms with E-state index in [1.54, 1.807) is 26.8 Å². The third kappa shape index (κ3) is 7.45. The summed E-state index contributed by atoms with van der Waals surface area (Å²) in [5.41, 5.74) is -1.66. The topological polar surface area (TPSA) is 165 Å². The number of fused-ring (bicyclic) bond motifs is 1. The Morgan fingerprint density at radius 2 is 1.73 bits per heavy atom. The lowest BCUT2D eigenvalue weighted by Gasteiger charge is -2.41. The van der Waals surface area contributed by atoms with E-state index in [-0.39, 0.29) is 19.4 Å². The van der Waals surface area contributed by atoms with Crippen LogP contribution in [0.4, 0.5) is 0 Å². The number of hydrogen-bond acceptors (Lipinski definition) is 11. The number of aliphatic hydroxyl groups excluding tert-OH is 3. The van der Waals surface area contributed by atoms with Crippen molar-refractivity contribution in [1.82, 2.24) is 0 Å². The molecule has 12 atom stereocenters. The van der Waals surface area contributed by atoms with Crippen molar-refractivity contribution in [2.75, 3.05) is 13.7 Å². The van der Waals surface area contributed by atoms with E-state index in [4.69, 9.17) is 23.7 Å². The molecule has 0 aromatic heterocycles. The van der Waals surface area contributed by atoms with Crippen LogP contribution in [0.3, 0.4) is 0 Å². The second-order valence-corrected chi connectivity index (χ2v) is 10.4. The number of ketones is 1. The number of epoxide rings is 1. The Balaban J connectivity index is 1.78. The molecule has 11 heteroatoms. The Morgan fingerprint density at radius 1 is 1.03 bits per heavy atom. The number of carbonyl (C=O) groups is 2. The molecule has 0 aromatic carbocycles. The summed E-state index contributed by atoms with van der Waals surface area (Å²) in [7, 11) is 1.37. The molecule has 0 bridgehead atoms. The van der Waals surface area contributed by atoms with Crippen molar-refractivity contribution in [2.45, 2.75) is 101 Å². The summed E-state index contributed by atoms with van der Waals surface area (Å²) in [5.74, 6) is -2.00. The fourth-order valence-electron chi connectivity index (χ4n) is 4.57. The van der Waals surface area contributed by atoms with Crippen molar-refractivity contribution in [3.8, 4) is 0 Å². The van der Waals surface area contributed by atoms with Crippen LogP contribution in [0.25, 0.3) is 0 Å². The summed E-state index contributed by atoms with van der Waals surface area (Å²) >= 11 is 0. The minimum absolute atomic E-state index is 0.00594. The zero-order valence-corrected chi connectivity index (χ0v) is 21.9. The van der Waals surface area contributed by atoms with Crippen molar-refractivity contribution < 1.29 is 53.7 Å². The molecule has 210 valence electrons. The Labute approximate surface area is 217 Å². The van der Waals surface area contributed by atoms with Gasteiger partial charge >= 0.3 is 5.97 Å². The largest absolute Gasteiger partial charge is 0.459 e. The van der Waals surface area contributed by atoms with Crippen LogP contribution < -0.4 is 0 Å². The number of cyclic esters (lactones) is 1. The lowest BCUT2D eigenvalue weighted by molar-refractivity contribution is -0.301. The monoisotopic (exact) mass is 528 g/mol. The minimum Gasteiger partial charge on any atom is -0.459 e. The molecule has 11 nitrogen and oxygen atoms in total. The van der Waals surface area contributed by atoms with Gasteiger partial charge in [0, 0.05) is 25.0 Å². The molecule has 0 radical (unpaired) electrons. The molecule has 4 N–H and O–H groups in total. The maximum Gasteiger partial charge on any atom is 0.330 e. The molecule has 3 heterocycles. The van der Waals surface area contributed by atoms with Crippen LogP contribution in [-0.2, 0) is 33.3 Å². The summed E-state index contributed by atoms with van der Waals surface area (Å²) in [6.07, 6.45) is -1.67. The average Bonchev–Trinajstić information content (AvgIpc) is 3.61. The number of aliphatic hydroxyl groups is 4. The van der Waals surface area contributed by atoms with Crippen molar-refractivity contribution in [3.05, 3.63) is 24.3 Å². The quantitative estimate of drug-likeness (QED) is 0.287. The molecule has 3 aliphatic heterocycles. The van der Waals surface area contributed by atoms with Crippen LogP contribution in [0.1, 0.15) is 40.5 Å². The zero-order valence-electron chi connectivity index (χ0n) is 21.9. The van der Waals surface area contributed by atoms with Gasteiger partial charge in [-0.1, -0.05) is 13.0 Å². The Morgan fingerprint density at radius 3 is 2.41 bits per heavy atom. The summed E-state index contributed by atoms with van der Waals surface area (Å²) in [4.78, 5) is 25.1. The first kappa shape index (κ1) is 29.9. The SMILES string of the molecule is CO[C@H]1[C@H](OC[C@H]2[C@@H]3O[C@H]3/C=C/C(=O)[C@@](C)(O)CC[C@H](O)[C@@H](C)/C=C/C(=O)O[C@@H]2C)O[C@H](C)[C@@H](O)[C@H]1O. The maximum atomic E-state index is 12.6. The molecule has 0 aromatic rings. The van der Waals surface area contributed by atoms with Crippen LogP contribution in [0.15, 0.2) is 24.3 Å². The molecule has 0 spiro atoms. The number of ether oxygens (including phenoxy) is 5. The summed E-state index contributed by atoms with van der Waals surface area (Å²) < 4.78 is 28.3. The number of rotatable bonds is 4. The first-order valence-corrected chi connectivity index (χ1v) is 12.7. The zero-order chi connectivity index (χ0) is 27.5. The second-order valence-electron chi connectivity index (χ2n) is 10.4. The first-order valence-electron chi connectivity index (χ1n) is 12.7. The van der Waals surface area contributed by atoms with Gasteiger partial charge in [-0.25, -0.2) is 4.79 Å². The Kier molecular flexibility index (Phi) is 10.0. The predicted octanol–water partition coefficient (Wildman–Crippen LogP) is 0.0232. The van der Waals surface area contributed by atoms with Gasteiger partial charge in [0.05, 0.1) is 24.9 Å². The van der Waals surface area contributed by atoms with Gasteiger partial charge in [-0.15, -0.1) is 0 Å². The van der Waals surface area contributed by atoms with E-state index in [1.165, 1.54) is 32.3 Å². The lowest BCUT2D eigenvalue weighted by Crippen LogP contribution is -2.58. The fraction of sp³-hybridized carbons (Fsp3) is 0.769. The van der Waals surface area contributed by atoms with Crippen LogP contribution in [0.5, 0.6) is 0 Å². The van der Waals surface area contributed by atoms with E-state index >= 15 is 0 Å². The van der Waals surface area contributed by atoms with E-state index in [1.807, 2.05) is 0 Å². The average molecular weight is 529 g/mol. The molecule has 2 saturated heterocycles. The van der Waals surface area contributed by atoms with E-state index in [2.05, 4.69) is 0 Å². The molecule has 0 aliphatic carbocycles. The minimum atomic E-state index is -1.66. The van der Waals surface area contributed by atoms with Crippen molar-refractivity contribution >= 4 is 11.8 Å². The highest BCUT2D eigenvalue weighted by Crippen LogP contribution is 2.35. The van der Waals surface area contributed by atoms with Crippen LogP contribution >= 0.6 is 0 Å². The highest BCUT2D eigenvalue weighted by molar-refractivity contribution is 5.96. The predicted molar refractivity (Wildman–Crippen MR) is 129 cm³/mol. The molecule has 3 rings (SSSR count). The third-order valence-electron chi connectivity index (χ3n) is 7.44. The van der Waals surface area contributed by atoms with E-state index < -0.39 is 84.3 Å². The molecule has 0 unspecified atom stereocenters. The number of carbonyl (C=O) groups excluding carboxylic acids is 2. The van der Waals surface area contributed by atoms with Crippen molar-refractivity contribution in [3.63, 3.8) is 0 Å². The van der Waals surface area contributed by atoms with Gasteiger partial charge in [-0.3, -0.25) is 4.79 Å². The highest BCUT2D eigenvalue weighted by atomic mass is 16.7. The van der Waals surface area contributed by atoms with Gasteiger partial charge in [0.2, 0.25) is 0 Å². The molecule has 37 heavy (non-hydrogen) atoms. The second kappa shape index (κ2) is 12.4. The number of methoxy groups -OCH3 is 1. The fourth-order valence-corrected chi connectivity index (χ4v) is 4.57. The summed E-state index contributed by atoms with van der Waals surface area (Å²) in [6.45, 7) is 6.41. The van der Waals surface area contributed by atoms with Crippen LogP contribution in [0.2, 0.25) is 0 Å². The summed E-state index contributed by atoms with van der Waals surface area (Å²) in [5, 5.41) is 41.4. The first-order chi connectivity index (χ1) is 17.4. The molecule has 0 saturated carbocycles. The van der Waals surface area contributed by atoms with Crippen molar-refractivity contribution in [2.24, 2.45) is 11.8 Å². The van der Waals surface area contributed by atoms with Gasteiger partial charge in [0.1, 0.15) is 36.1 Å². The van der Waals surface area contributed by atoms with Gasteiger partial charge in [-0.2, -0.15) is 0 Å². The standard InChI is InChI=1S/C26H40O11/c1-13-6-9-20(29)35-14(2)16(12-34-25-24(33-5)22(31)21(30)15(3)36-25)23-18(37-23)7-8-19(28)26(4,32)11-10-17(13)27/h6-9,13-18,21-25,27,30-32H,10-12H2,1-5H3/b8-7+,9-6+/t13-,14+,15+,16+,17-,18-,21+,22+,23-,24+,25+,26-/m0/s1. The summed E-state index contributed by atoms with van der Waals surface area (Å²) in [6, 6.07) is 0. The molecule has 3 aliphatic rings. The maximum absolute atomic E-state index is 12.6. The molecular weight excluding hydrogens is 488 g/mol. The number of hydrogen-bond donors (Lipinski definition) is 4. The van der Waals surface area contributed by atoms with Crippen LogP contribution in [0, 0.1) is 11.8 Å². The third-order valence-corrected chi connectivity index (χ3v) is 7.44. The highest BCUT2D eigenvalue weighted by Gasteiger charge is 2.49. The smallest absolute Gasteiger partial charge is 0.330 e. The molecule has 2 fully saturated rings. The van der Waals surface area contributed by atoms with Gasteiger partial charge in [-0.05, 0) is 45.8 Å². The van der Waals surface area contributed by atoms with Crippen LogP contribution in [-0.4, -0.2) is 107 Å². The molecular formula is C26H40O11. The van der Waals surface area contributed by atoms with Gasteiger partial charge < -0.3 is 44.1 Å². The Bertz CT molecular complexity index is 855. The van der Waals surface area contributed by atoms with E-state index in [0.29, 0.717) is 0 Å². The van der Waals surface area contributed by atoms with Crippen molar-refractivity contribution in [1.29, 1.82) is 0 Å². The Hall–Kier alpha value is -1.70. The van der Waals surface area contributed by atoms with E-state index in [0.717, 1.165) is 0 Å². The normalized spacial score (nSPS) is 47.5. The lowest BCUT2D eigenvalue weighted by atomic mass is 9.89. The van der Waals surface area contributed by atoms with Gasteiger partial charge in [0.15, 0.2) is 12.1 Å². The molecule has 0 amide bonds. The number of esters is 1. The van der Waals surface area contributed by atoms with E-state index in [9.17, 15) is 30.0 Å². The van der Waals surface area contributed by atoms with Gasteiger partial charge in [0.25, 0.3) is 0 Å².